The average Bonchev–Trinajstić information content (AvgIpc) is 2.75. The summed E-state index contributed by atoms with van der Waals surface area (Å²) in [7, 11) is 0. The molecule has 5 nitrogen and oxygen atoms in total. The number of rotatable bonds is 8. The molecule has 3 rings (SSSR count). The van der Waals surface area contributed by atoms with Crippen molar-refractivity contribution in [2.24, 2.45) is 5.73 Å². The van der Waals surface area contributed by atoms with Gasteiger partial charge in [-0.1, -0.05) is 66.9 Å². The normalized spacial score (nSPS) is 22.2. The first-order valence-electron chi connectivity index (χ1n) is 10.3. The van der Waals surface area contributed by atoms with Crippen LogP contribution in [0.4, 0.5) is 0 Å². The summed E-state index contributed by atoms with van der Waals surface area (Å²) in [6.07, 6.45) is 1.83. The number of ether oxygens (including phenoxy) is 1. The second-order valence-electron chi connectivity index (χ2n) is 7.57. The molecule has 0 radical (unpaired) electrons. The van der Waals surface area contributed by atoms with Gasteiger partial charge in [0.05, 0.1) is 6.04 Å². The molecule has 1 aliphatic rings. The van der Waals surface area contributed by atoms with E-state index in [9.17, 15) is 9.59 Å². The third-order valence-electron chi connectivity index (χ3n) is 5.44. The Morgan fingerprint density at radius 3 is 2.16 bits per heavy atom. The van der Waals surface area contributed by atoms with Gasteiger partial charge in [0, 0.05) is 16.5 Å². The van der Waals surface area contributed by atoms with E-state index in [-0.39, 0.29) is 5.91 Å². The van der Waals surface area contributed by atoms with Gasteiger partial charge in [-0.2, -0.15) is 0 Å². The fraction of sp³-hybridized carbons (Fsp3) is 0.333. The van der Waals surface area contributed by atoms with Crippen LogP contribution in [0.3, 0.4) is 0 Å². The summed E-state index contributed by atoms with van der Waals surface area (Å²) in [5.41, 5.74) is 7.42. The molecular weight excluding hydrogens is 435 g/mol. The highest BCUT2D eigenvalue weighted by molar-refractivity contribution is 6.30. The van der Waals surface area contributed by atoms with Crippen molar-refractivity contribution in [2.75, 3.05) is 0 Å². The predicted molar refractivity (Wildman–Crippen MR) is 123 cm³/mol. The molecule has 0 bridgehead atoms. The number of morpholine rings is 1. The van der Waals surface area contributed by atoms with Crippen LogP contribution >= 0.6 is 23.2 Å². The molecule has 31 heavy (non-hydrogen) atoms. The molecule has 4 atom stereocenters. The topological polar surface area (TPSA) is 72.6 Å². The monoisotopic (exact) mass is 460 g/mol. The Morgan fingerprint density at radius 1 is 1.13 bits per heavy atom. The van der Waals surface area contributed by atoms with E-state index in [4.69, 9.17) is 33.7 Å². The molecule has 2 aromatic rings. The zero-order chi connectivity index (χ0) is 22.5. The van der Waals surface area contributed by atoms with Crippen LogP contribution in [0, 0.1) is 0 Å². The number of primary amides is 1. The lowest BCUT2D eigenvalue weighted by atomic mass is 9.89. The maximum atomic E-state index is 13.5. The van der Waals surface area contributed by atoms with Crippen LogP contribution in [0.25, 0.3) is 0 Å². The summed E-state index contributed by atoms with van der Waals surface area (Å²) in [6.45, 7) is 5.71. The highest BCUT2D eigenvalue weighted by Gasteiger charge is 2.47. The van der Waals surface area contributed by atoms with Crippen LogP contribution < -0.4 is 5.73 Å². The maximum Gasteiger partial charge on any atom is 0.253 e. The van der Waals surface area contributed by atoms with Gasteiger partial charge in [-0.3, -0.25) is 9.59 Å². The molecule has 1 aliphatic heterocycles. The van der Waals surface area contributed by atoms with Gasteiger partial charge in [-0.25, -0.2) is 0 Å². The zero-order valence-corrected chi connectivity index (χ0v) is 18.9. The number of amides is 2. The van der Waals surface area contributed by atoms with Gasteiger partial charge in [0.2, 0.25) is 5.91 Å². The van der Waals surface area contributed by atoms with Gasteiger partial charge in [0.25, 0.3) is 5.91 Å². The van der Waals surface area contributed by atoms with Gasteiger partial charge in [-0.05, 0) is 41.8 Å². The molecule has 1 heterocycles. The first-order valence-corrected chi connectivity index (χ1v) is 11.0. The van der Waals surface area contributed by atoms with Crippen LogP contribution in [0.15, 0.2) is 61.2 Å². The third kappa shape index (κ3) is 5.12. The van der Waals surface area contributed by atoms with E-state index in [1.54, 1.807) is 35.2 Å². The molecule has 0 spiro atoms. The number of benzene rings is 2. The van der Waals surface area contributed by atoms with E-state index >= 15 is 0 Å². The SMILES string of the molecule is C=CC[C@@H]1O[C@@H](c2ccc(Cl)cc2)[C@@H](c2ccc(Cl)cc2)N([C@@H](CCC)C(N)=O)C1=O. The first-order chi connectivity index (χ1) is 14.9. The van der Waals surface area contributed by atoms with E-state index in [1.165, 1.54) is 0 Å². The van der Waals surface area contributed by atoms with Gasteiger partial charge in [0.15, 0.2) is 0 Å². The molecule has 164 valence electrons. The Morgan fingerprint density at radius 2 is 1.68 bits per heavy atom. The molecule has 0 saturated carbocycles. The van der Waals surface area contributed by atoms with Crippen molar-refractivity contribution in [3.05, 3.63) is 82.4 Å². The Bertz CT molecular complexity index is 931. The summed E-state index contributed by atoms with van der Waals surface area (Å²) in [4.78, 5) is 27.6. The van der Waals surface area contributed by atoms with Crippen LogP contribution in [0.5, 0.6) is 0 Å². The second kappa shape index (κ2) is 10.3. The molecule has 1 saturated heterocycles. The fourth-order valence-electron chi connectivity index (χ4n) is 4.01. The smallest absolute Gasteiger partial charge is 0.253 e. The summed E-state index contributed by atoms with van der Waals surface area (Å²) in [5.74, 6) is -0.814. The van der Waals surface area contributed by atoms with Crippen LogP contribution in [0.2, 0.25) is 10.0 Å². The van der Waals surface area contributed by atoms with Crippen LogP contribution in [-0.2, 0) is 14.3 Å². The van der Waals surface area contributed by atoms with Gasteiger partial charge < -0.3 is 15.4 Å². The zero-order valence-electron chi connectivity index (χ0n) is 17.3. The van der Waals surface area contributed by atoms with Crippen molar-refractivity contribution in [3.63, 3.8) is 0 Å². The number of halogens is 2. The van der Waals surface area contributed by atoms with Crippen molar-refractivity contribution >= 4 is 35.0 Å². The first kappa shape index (κ1) is 23.3. The average molecular weight is 461 g/mol. The highest BCUT2D eigenvalue weighted by atomic mass is 35.5. The lowest BCUT2D eigenvalue weighted by molar-refractivity contribution is -0.180. The van der Waals surface area contributed by atoms with Crippen molar-refractivity contribution in [1.29, 1.82) is 0 Å². The molecule has 2 amide bonds. The van der Waals surface area contributed by atoms with Crippen molar-refractivity contribution in [3.8, 4) is 0 Å². The van der Waals surface area contributed by atoms with Crippen LogP contribution in [-0.4, -0.2) is 28.9 Å². The molecule has 2 aromatic carbocycles. The Hall–Kier alpha value is -2.34. The van der Waals surface area contributed by atoms with E-state index in [2.05, 4.69) is 6.58 Å². The number of nitrogens with zero attached hydrogens (tertiary/aromatic N) is 1. The van der Waals surface area contributed by atoms with Crippen molar-refractivity contribution in [1.82, 2.24) is 4.90 Å². The number of hydrogen-bond donors (Lipinski definition) is 1. The standard InChI is InChI=1S/C24H26Cl2N2O3/c1-3-5-19(23(27)29)28-21(15-7-11-17(25)12-8-15)22(16-9-13-18(26)14-10-16)31-20(6-4-2)24(28)30/h4,7-14,19-22H,2-3,5-6H2,1H3,(H2,27,29)/t19-,20-,21+,22-/m0/s1. The highest BCUT2D eigenvalue weighted by Crippen LogP contribution is 2.44. The minimum absolute atomic E-state index is 0.276. The lowest BCUT2D eigenvalue weighted by Crippen LogP contribution is -2.58. The van der Waals surface area contributed by atoms with Crippen molar-refractivity contribution in [2.45, 2.75) is 50.5 Å². The second-order valence-corrected chi connectivity index (χ2v) is 8.44. The van der Waals surface area contributed by atoms with E-state index in [0.717, 1.165) is 11.1 Å². The number of nitrogens with two attached hydrogens (primary N) is 1. The molecule has 2 N–H and O–H groups in total. The van der Waals surface area contributed by atoms with Gasteiger partial charge in [0.1, 0.15) is 18.2 Å². The van der Waals surface area contributed by atoms with E-state index in [1.807, 2.05) is 31.2 Å². The summed E-state index contributed by atoms with van der Waals surface area (Å²) in [5, 5.41) is 1.17. The molecule has 0 aromatic heterocycles. The minimum Gasteiger partial charge on any atom is -0.368 e. The van der Waals surface area contributed by atoms with Gasteiger partial charge >= 0.3 is 0 Å². The largest absolute Gasteiger partial charge is 0.368 e. The molecule has 7 heteroatoms. The van der Waals surface area contributed by atoms with Crippen LogP contribution in [0.1, 0.15) is 49.5 Å². The van der Waals surface area contributed by atoms with E-state index in [0.29, 0.717) is 29.3 Å². The Kier molecular flexibility index (Phi) is 7.76. The Balaban J connectivity index is 2.18. The summed E-state index contributed by atoms with van der Waals surface area (Å²) >= 11 is 12.2. The quantitative estimate of drug-likeness (QED) is 0.547. The maximum absolute atomic E-state index is 13.5. The number of carbonyl (C=O) groups is 2. The predicted octanol–water partition coefficient (Wildman–Crippen LogP) is 5.23. The molecule has 1 fully saturated rings. The molecule has 0 aliphatic carbocycles. The summed E-state index contributed by atoms with van der Waals surface area (Å²) < 4.78 is 6.31. The van der Waals surface area contributed by atoms with Crippen molar-refractivity contribution < 1.29 is 14.3 Å². The third-order valence-corrected chi connectivity index (χ3v) is 5.95. The number of carbonyl (C=O) groups excluding carboxylic acids is 2. The number of hydrogen-bond acceptors (Lipinski definition) is 3. The minimum atomic E-state index is -0.763. The Labute approximate surface area is 192 Å². The van der Waals surface area contributed by atoms with Gasteiger partial charge in [-0.15, -0.1) is 6.58 Å². The fourth-order valence-corrected chi connectivity index (χ4v) is 4.27. The lowest BCUT2D eigenvalue weighted by Gasteiger charge is -2.47. The summed E-state index contributed by atoms with van der Waals surface area (Å²) in [6, 6.07) is 13.2. The molecule has 0 unspecified atom stereocenters. The molecular formula is C24H26Cl2N2O3. The van der Waals surface area contributed by atoms with E-state index < -0.39 is 30.2 Å².